The molecule has 0 aromatic carbocycles. The molecule has 2 atom stereocenters. The Labute approximate surface area is 289 Å². The highest BCUT2D eigenvalue weighted by molar-refractivity contribution is 4.53. The normalized spacial score (nSPS) is 15.8. The first-order valence-electron chi connectivity index (χ1n) is 18.0. The maximum absolute atomic E-state index is 5.61. The molecule has 1 saturated heterocycles. The molecule has 1 aliphatic rings. The van der Waals surface area contributed by atoms with Crippen molar-refractivity contribution in [3.8, 4) is 0 Å². The molecule has 0 radical (unpaired) electrons. The van der Waals surface area contributed by atoms with Gasteiger partial charge in [-0.05, 0) is 25.2 Å². The summed E-state index contributed by atoms with van der Waals surface area (Å²) in [7, 11) is 0. The number of ether oxygens (including phenoxy) is 14. The van der Waals surface area contributed by atoms with Crippen molar-refractivity contribution in [1.29, 1.82) is 0 Å². The van der Waals surface area contributed by atoms with Gasteiger partial charge in [-0.3, -0.25) is 0 Å². The van der Waals surface area contributed by atoms with E-state index in [1.165, 1.54) is 6.42 Å². The van der Waals surface area contributed by atoms with Crippen LogP contribution in [0.2, 0.25) is 0 Å². The average Bonchev–Trinajstić information content (AvgIpc) is 3.11. The SMILES string of the molecule is CCC(C)COCCOCCOCCOCCOCCOCCOCCOCCOCCOCCOCCOCCOC1CCCCO1. The second kappa shape index (κ2) is 39.2. The van der Waals surface area contributed by atoms with Gasteiger partial charge in [-0.2, -0.15) is 0 Å². The summed E-state index contributed by atoms with van der Waals surface area (Å²) in [5, 5.41) is 0. The van der Waals surface area contributed by atoms with Crippen LogP contribution in [0.4, 0.5) is 0 Å². The van der Waals surface area contributed by atoms with E-state index in [1.807, 2.05) is 0 Å². The van der Waals surface area contributed by atoms with Crippen LogP contribution in [0.3, 0.4) is 0 Å². The van der Waals surface area contributed by atoms with Crippen LogP contribution < -0.4 is 0 Å². The summed E-state index contributed by atoms with van der Waals surface area (Å²) in [5.74, 6) is 0.597. The van der Waals surface area contributed by atoms with Gasteiger partial charge >= 0.3 is 0 Å². The Balaban J connectivity index is 1.60. The summed E-state index contributed by atoms with van der Waals surface area (Å²) >= 11 is 0. The molecule has 0 aromatic heterocycles. The van der Waals surface area contributed by atoms with Crippen molar-refractivity contribution in [2.45, 2.75) is 45.8 Å². The number of hydrogen-bond acceptors (Lipinski definition) is 14. The van der Waals surface area contributed by atoms with E-state index in [0.29, 0.717) is 164 Å². The van der Waals surface area contributed by atoms with Crippen LogP contribution in [0.5, 0.6) is 0 Å². The highest BCUT2D eigenvalue weighted by atomic mass is 16.7. The Morgan fingerprint density at radius 3 is 0.979 bits per heavy atom. The minimum absolute atomic E-state index is 0.0656. The van der Waals surface area contributed by atoms with E-state index in [0.717, 1.165) is 32.5 Å². The van der Waals surface area contributed by atoms with Gasteiger partial charge in [0.05, 0.1) is 159 Å². The predicted molar refractivity (Wildman–Crippen MR) is 179 cm³/mol. The van der Waals surface area contributed by atoms with Gasteiger partial charge in [0, 0.05) is 13.2 Å². The fourth-order valence-corrected chi connectivity index (χ4v) is 3.90. The molecule has 288 valence electrons. The second-order valence-corrected chi connectivity index (χ2v) is 11.0. The summed E-state index contributed by atoms with van der Waals surface area (Å²) in [6.07, 6.45) is 4.33. The van der Waals surface area contributed by atoms with Crippen LogP contribution in [-0.4, -0.2) is 178 Å². The quantitative estimate of drug-likeness (QED) is 0.0869. The Morgan fingerprint density at radius 1 is 0.417 bits per heavy atom. The van der Waals surface area contributed by atoms with E-state index >= 15 is 0 Å². The maximum Gasteiger partial charge on any atom is 0.157 e. The van der Waals surface area contributed by atoms with Crippen LogP contribution in [0, 0.1) is 5.92 Å². The monoisotopic (exact) mass is 700 g/mol. The molecule has 1 rings (SSSR count). The zero-order valence-corrected chi connectivity index (χ0v) is 30.1. The zero-order chi connectivity index (χ0) is 34.3. The first-order valence-corrected chi connectivity index (χ1v) is 18.0. The van der Waals surface area contributed by atoms with Gasteiger partial charge in [0.25, 0.3) is 0 Å². The lowest BCUT2D eigenvalue weighted by atomic mass is 10.1. The van der Waals surface area contributed by atoms with Crippen LogP contribution >= 0.6 is 0 Å². The largest absolute Gasteiger partial charge is 0.379 e. The molecule has 0 aliphatic carbocycles. The van der Waals surface area contributed by atoms with E-state index in [-0.39, 0.29) is 6.29 Å². The highest BCUT2D eigenvalue weighted by Gasteiger charge is 2.13. The Kier molecular flexibility index (Phi) is 37.2. The average molecular weight is 701 g/mol. The Bertz CT molecular complexity index is 600. The van der Waals surface area contributed by atoms with Crippen molar-refractivity contribution in [2.24, 2.45) is 5.92 Å². The van der Waals surface area contributed by atoms with Gasteiger partial charge in [-0.1, -0.05) is 20.3 Å². The van der Waals surface area contributed by atoms with Crippen molar-refractivity contribution < 1.29 is 66.3 Å². The van der Waals surface area contributed by atoms with Gasteiger partial charge < -0.3 is 66.3 Å². The Hall–Kier alpha value is -0.560. The summed E-state index contributed by atoms with van der Waals surface area (Å²) in [6.45, 7) is 18.7. The van der Waals surface area contributed by atoms with Crippen LogP contribution in [0.15, 0.2) is 0 Å². The number of rotatable bonds is 40. The molecule has 1 fully saturated rings. The van der Waals surface area contributed by atoms with E-state index in [2.05, 4.69) is 13.8 Å². The van der Waals surface area contributed by atoms with E-state index in [1.54, 1.807) is 0 Å². The van der Waals surface area contributed by atoms with Gasteiger partial charge in [0.2, 0.25) is 0 Å². The van der Waals surface area contributed by atoms with Crippen molar-refractivity contribution in [3.63, 3.8) is 0 Å². The molecule has 14 heteroatoms. The lowest BCUT2D eigenvalue weighted by Crippen LogP contribution is -2.24. The summed E-state index contributed by atoms with van der Waals surface area (Å²) < 4.78 is 77.0. The molecule has 1 aliphatic heterocycles. The van der Waals surface area contributed by atoms with Gasteiger partial charge in [-0.15, -0.1) is 0 Å². The van der Waals surface area contributed by atoms with Crippen molar-refractivity contribution >= 4 is 0 Å². The smallest absolute Gasteiger partial charge is 0.157 e. The third kappa shape index (κ3) is 35.3. The first kappa shape index (κ1) is 45.5. The maximum atomic E-state index is 5.61. The molecule has 0 saturated carbocycles. The standard InChI is InChI=1S/C34H68O14/c1-3-33(2)32-46-29-28-44-25-24-42-21-20-40-17-16-38-13-12-36-9-8-35-10-11-37-14-15-39-18-19-41-22-23-43-26-27-45-30-31-48-34-6-4-5-7-47-34/h33-34H,3-32H2,1-2H3. The molecule has 48 heavy (non-hydrogen) atoms. The minimum atomic E-state index is -0.0656. The molecule has 0 bridgehead atoms. The highest BCUT2D eigenvalue weighted by Crippen LogP contribution is 2.13. The predicted octanol–water partition coefficient (Wildman–Crippen LogP) is 2.77. The first-order chi connectivity index (χ1) is 23.8. The van der Waals surface area contributed by atoms with E-state index in [4.69, 9.17) is 66.3 Å². The van der Waals surface area contributed by atoms with Gasteiger partial charge in [-0.25, -0.2) is 0 Å². The van der Waals surface area contributed by atoms with Crippen molar-refractivity contribution in [1.82, 2.24) is 0 Å². The van der Waals surface area contributed by atoms with Crippen molar-refractivity contribution in [2.75, 3.05) is 172 Å². The molecule has 1 heterocycles. The second-order valence-electron chi connectivity index (χ2n) is 11.0. The topological polar surface area (TPSA) is 129 Å². The van der Waals surface area contributed by atoms with Crippen LogP contribution in [0.1, 0.15) is 39.5 Å². The fourth-order valence-electron chi connectivity index (χ4n) is 3.90. The molecule has 2 unspecified atom stereocenters. The fraction of sp³-hybridized carbons (Fsp3) is 1.00. The lowest BCUT2D eigenvalue weighted by Gasteiger charge is -2.22. The molecule has 0 spiro atoms. The zero-order valence-electron chi connectivity index (χ0n) is 30.1. The van der Waals surface area contributed by atoms with E-state index in [9.17, 15) is 0 Å². The van der Waals surface area contributed by atoms with Crippen LogP contribution in [0.25, 0.3) is 0 Å². The van der Waals surface area contributed by atoms with Crippen molar-refractivity contribution in [3.05, 3.63) is 0 Å². The van der Waals surface area contributed by atoms with Gasteiger partial charge in [0.15, 0.2) is 6.29 Å². The molecule has 0 amide bonds. The molecular formula is C34H68O14. The molecule has 0 aromatic rings. The summed E-state index contributed by atoms with van der Waals surface area (Å²) in [5.41, 5.74) is 0. The van der Waals surface area contributed by atoms with Crippen LogP contribution in [-0.2, 0) is 66.3 Å². The molecule has 0 N–H and O–H groups in total. The minimum Gasteiger partial charge on any atom is -0.379 e. The summed E-state index contributed by atoms with van der Waals surface area (Å²) in [4.78, 5) is 0. The number of hydrogen-bond donors (Lipinski definition) is 0. The Morgan fingerprint density at radius 2 is 0.708 bits per heavy atom. The van der Waals surface area contributed by atoms with E-state index < -0.39 is 0 Å². The molecular weight excluding hydrogens is 632 g/mol. The molecule has 14 nitrogen and oxygen atoms in total. The summed E-state index contributed by atoms with van der Waals surface area (Å²) in [6, 6.07) is 0. The lowest BCUT2D eigenvalue weighted by molar-refractivity contribution is -0.169. The third-order valence-electron chi connectivity index (χ3n) is 6.86. The third-order valence-corrected chi connectivity index (χ3v) is 6.86. The van der Waals surface area contributed by atoms with Gasteiger partial charge in [0.1, 0.15) is 0 Å².